The third kappa shape index (κ3) is 3.56. The van der Waals surface area contributed by atoms with Crippen molar-refractivity contribution >= 4 is 33.4 Å². The molecule has 112 valence electrons. The number of hydrogen-bond donors (Lipinski definition) is 0. The van der Waals surface area contributed by atoms with Gasteiger partial charge in [0.25, 0.3) is 5.69 Å². The van der Waals surface area contributed by atoms with E-state index in [-0.39, 0.29) is 22.8 Å². The summed E-state index contributed by atoms with van der Waals surface area (Å²) in [4.78, 5) is 33.3. The molecule has 7 heteroatoms. The van der Waals surface area contributed by atoms with E-state index in [0.29, 0.717) is 10.0 Å². The summed E-state index contributed by atoms with van der Waals surface area (Å²) in [6.07, 6.45) is 0. The van der Waals surface area contributed by atoms with Crippen molar-refractivity contribution < 1.29 is 19.2 Å². The molecule has 0 amide bonds. The minimum atomic E-state index is -0.647. The predicted octanol–water partition coefficient (Wildman–Crippen LogP) is 3.78. The van der Waals surface area contributed by atoms with E-state index in [9.17, 15) is 19.7 Å². The molecule has 0 radical (unpaired) electrons. The Morgan fingerprint density at radius 3 is 2.18 bits per heavy atom. The van der Waals surface area contributed by atoms with Gasteiger partial charge < -0.3 is 4.74 Å². The number of ketones is 1. The molecular formula is C15H10BrNO5. The van der Waals surface area contributed by atoms with Gasteiger partial charge in [0.1, 0.15) is 5.75 Å². The van der Waals surface area contributed by atoms with Crippen LogP contribution < -0.4 is 4.74 Å². The number of carbonyl (C=O) groups is 2. The summed E-state index contributed by atoms with van der Waals surface area (Å²) in [6, 6.07) is 9.70. The molecule has 0 heterocycles. The van der Waals surface area contributed by atoms with Gasteiger partial charge in [0, 0.05) is 17.7 Å². The molecule has 0 unspecified atom stereocenters. The first-order chi connectivity index (χ1) is 10.4. The molecule has 0 aliphatic rings. The van der Waals surface area contributed by atoms with E-state index in [2.05, 4.69) is 15.9 Å². The molecule has 2 aromatic carbocycles. The lowest BCUT2D eigenvalue weighted by atomic mass is 10.1. The summed E-state index contributed by atoms with van der Waals surface area (Å²) < 4.78 is 5.67. The quantitative estimate of drug-likeness (QED) is 0.271. The first kappa shape index (κ1) is 15.8. The maximum Gasteiger partial charge on any atom is 0.343 e. The Labute approximate surface area is 134 Å². The number of nitrogens with zero attached hydrogens (tertiary/aromatic N) is 1. The number of ether oxygens (including phenoxy) is 1. The molecule has 0 bridgehead atoms. The average molecular weight is 364 g/mol. The van der Waals surface area contributed by atoms with E-state index in [1.165, 1.54) is 37.3 Å². The molecule has 2 rings (SSSR count). The summed E-state index contributed by atoms with van der Waals surface area (Å²) in [5.74, 6) is -0.492. The minimum Gasteiger partial charge on any atom is -0.422 e. The standard InChI is InChI=1S/C15H10BrNO5/c1-9(18)11-4-7-14(13(16)8-11)22-15(19)10-2-5-12(6-3-10)17(20)21/h2-8H,1H3. The first-order valence-electron chi connectivity index (χ1n) is 6.15. The number of carbonyl (C=O) groups excluding carboxylic acids is 2. The molecule has 0 N–H and O–H groups in total. The van der Waals surface area contributed by atoms with E-state index < -0.39 is 10.9 Å². The fourth-order valence-corrected chi connectivity index (χ4v) is 2.14. The highest BCUT2D eigenvalue weighted by Crippen LogP contribution is 2.27. The van der Waals surface area contributed by atoms with Crippen molar-refractivity contribution in [2.75, 3.05) is 0 Å². The number of hydrogen-bond acceptors (Lipinski definition) is 5. The molecule has 6 nitrogen and oxygen atoms in total. The average Bonchev–Trinajstić information content (AvgIpc) is 2.49. The van der Waals surface area contributed by atoms with Crippen LogP contribution in [0.5, 0.6) is 5.75 Å². The summed E-state index contributed by atoms with van der Waals surface area (Å²) in [6.45, 7) is 1.43. The molecule has 22 heavy (non-hydrogen) atoms. The van der Waals surface area contributed by atoms with Gasteiger partial charge in [-0.25, -0.2) is 4.79 Å². The second-order valence-corrected chi connectivity index (χ2v) is 5.25. The summed E-state index contributed by atoms with van der Waals surface area (Å²) in [5.41, 5.74) is 0.568. The van der Waals surface area contributed by atoms with Gasteiger partial charge in [-0.2, -0.15) is 0 Å². The van der Waals surface area contributed by atoms with Gasteiger partial charge >= 0.3 is 5.97 Å². The van der Waals surface area contributed by atoms with E-state index in [0.717, 1.165) is 0 Å². The van der Waals surface area contributed by atoms with Crippen molar-refractivity contribution in [2.24, 2.45) is 0 Å². The molecule has 0 atom stereocenters. The molecular weight excluding hydrogens is 354 g/mol. The zero-order valence-electron chi connectivity index (χ0n) is 11.4. The number of esters is 1. The van der Waals surface area contributed by atoms with Crippen molar-refractivity contribution in [3.05, 3.63) is 68.2 Å². The van der Waals surface area contributed by atoms with Crippen LogP contribution in [0.2, 0.25) is 0 Å². The normalized spacial score (nSPS) is 10.1. The first-order valence-corrected chi connectivity index (χ1v) is 6.95. The molecule has 0 fully saturated rings. The molecule has 0 aliphatic heterocycles. The third-order valence-corrected chi connectivity index (χ3v) is 3.47. The number of nitro benzene ring substituents is 1. The van der Waals surface area contributed by atoms with E-state index in [4.69, 9.17) is 4.74 Å². The van der Waals surface area contributed by atoms with Crippen LogP contribution in [-0.2, 0) is 0 Å². The summed E-state index contributed by atoms with van der Waals surface area (Å²) in [7, 11) is 0. The molecule has 0 spiro atoms. The molecule has 0 aliphatic carbocycles. The van der Waals surface area contributed by atoms with Gasteiger partial charge in [-0.1, -0.05) is 0 Å². The van der Waals surface area contributed by atoms with E-state index in [1.807, 2.05) is 0 Å². The fourth-order valence-electron chi connectivity index (χ4n) is 1.68. The number of benzene rings is 2. The minimum absolute atomic E-state index is 0.103. The van der Waals surface area contributed by atoms with Crippen molar-refractivity contribution in [1.29, 1.82) is 0 Å². The zero-order valence-corrected chi connectivity index (χ0v) is 13.0. The second kappa shape index (κ2) is 6.48. The van der Waals surface area contributed by atoms with Crippen LogP contribution in [0.25, 0.3) is 0 Å². The Morgan fingerprint density at radius 1 is 1.09 bits per heavy atom. The van der Waals surface area contributed by atoms with Crippen molar-refractivity contribution in [3.8, 4) is 5.75 Å². The second-order valence-electron chi connectivity index (χ2n) is 4.39. The van der Waals surface area contributed by atoms with Gasteiger partial charge in [0.2, 0.25) is 0 Å². The smallest absolute Gasteiger partial charge is 0.343 e. The van der Waals surface area contributed by atoms with Gasteiger partial charge in [-0.05, 0) is 53.2 Å². The lowest BCUT2D eigenvalue weighted by molar-refractivity contribution is -0.384. The number of rotatable bonds is 4. The van der Waals surface area contributed by atoms with E-state index in [1.54, 1.807) is 12.1 Å². The maximum absolute atomic E-state index is 12.0. The van der Waals surface area contributed by atoms with Crippen LogP contribution >= 0.6 is 15.9 Å². The van der Waals surface area contributed by atoms with Crippen molar-refractivity contribution in [1.82, 2.24) is 0 Å². The van der Waals surface area contributed by atoms with Crippen LogP contribution in [0.4, 0.5) is 5.69 Å². The topological polar surface area (TPSA) is 86.5 Å². The highest BCUT2D eigenvalue weighted by Gasteiger charge is 2.14. The molecule has 0 saturated carbocycles. The Hall–Kier alpha value is -2.54. The van der Waals surface area contributed by atoms with E-state index >= 15 is 0 Å². The molecule has 2 aromatic rings. The zero-order chi connectivity index (χ0) is 16.3. The lowest BCUT2D eigenvalue weighted by Crippen LogP contribution is -2.09. The lowest BCUT2D eigenvalue weighted by Gasteiger charge is -2.07. The number of Topliss-reactive ketones (excluding diaryl/α,β-unsaturated/α-hetero) is 1. The van der Waals surface area contributed by atoms with Gasteiger partial charge in [-0.3, -0.25) is 14.9 Å². The number of nitro groups is 1. The van der Waals surface area contributed by atoms with Crippen LogP contribution in [0.15, 0.2) is 46.9 Å². The predicted molar refractivity (Wildman–Crippen MR) is 82.2 cm³/mol. The largest absolute Gasteiger partial charge is 0.422 e. The highest BCUT2D eigenvalue weighted by atomic mass is 79.9. The van der Waals surface area contributed by atoms with Crippen LogP contribution in [0.1, 0.15) is 27.6 Å². The SMILES string of the molecule is CC(=O)c1ccc(OC(=O)c2ccc([N+](=O)[O-])cc2)c(Br)c1. The highest BCUT2D eigenvalue weighted by molar-refractivity contribution is 9.10. The Kier molecular flexibility index (Phi) is 4.67. The maximum atomic E-state index is 12.0. The van der Waals surface area contributed by atoms with Crippen LogP contribution in [0, 0.1) is 10.1 Å². The number of non-ortho nitro benzene ring substituents is 1. The Balaban J connectivity index is 2.18. The third-order valence-electron chi connectivity index (χ3n) is 2.85. The van der Waals surface area contributed by atoms with Gasteiger partial charge in [0.05, 0.1) is 15.0 Å². The monoisotopic (exact) mass is 363 g/mol. The summed E-state index contributed by atoms with van der Waals surface area (Å²) >= 11 is 3.23. The Bertz CT molecular complexity index is 755. The number of halogens is 1. The Morgan fingerprint density at radius 2 is 1.68 bits per heavy atom. The molecule has 0 aromatic heterocycles. The van der Waals surface area contributed by atoms with Crippen molar-refractivity contribution in [2.45, 2.75) is 6.92 Å². The van der Waals surface area contributed by atoms with Crippen LogP contribution in [0.3, 0.4) is 0 Å². The summed E-state index contributed by atoms with van der Waals surface area (Å²) in [5, 5.41) is 10.6. The molecule has 0 saturated heterocycles. The van der Waals surface area contributed by atoms with Gasteiger partial charge in [0.15, 0.2) is 5.78 Å². The fraction of sp³-hybridized carbons (Fsp3) is 0.0667. The van der Waals surface area contributed by atoms with Crippen molar-refractivity contribution in [3.63, 3.8) is 0 Å². The van der Waals surface area contributed by atoms with Gasteiger partial charge in [-0.15, -0.1) is 0 Å². The van der Waals surface area contributed by atoms with Crippen LogP contribution in [-0.4, -0.2) is 16.7 Å².